The lowest BCUT2D eigenvalue weighted by Gasteiger charge is -2.09. The van der Waals surface area contributed by atoms with Gasteiger partial charge in [0.25, 0.3) is 0 Å². The van der Waals surface area contributed by atoms with E-state index in [0.29, 0.717) is 0 Å². The smallest absolute Gasteiger partial charge is 0.335 e. The number of aromatic nitrogens is 1. The average molecular weight is 180 g/mol. The zero-order valence-electron chi connectivity index (χ0n) is 7.61. The lowest BCUT2D eigenvalue weighted by atomic mass is 10.1. The van der Waals surface area contributed by atoms with Gasteiger partial charge in [0, 0.05) is 12.2 Å². The Morgan fingerprint density at radius 2 is 2.38 bits per heavy atom. The molecular weight excluding hydrogens is 168 g/mol. The van der Waals surface area contributed by atoms with E-state index in [9.17, 15) is 4.79 Å². The predicted octanol–water partition coefficient (Wildman–Crippen LogP) is 1.06. The molecule has 4 heteroatoms. The van der Waals surface area contributed by atoms with Gasteiger partial charge in [0.1, 0.15) is 0 Å². The fourth-order valence-electron chi connectivity index (χ4n) is 0.966. The van der Waals surface area contributed by atoms with E-state index in [1.54, 1.807) is 13.1 Å². The number of pyridine rings is 1. The number of rotatable bonds is 3. The van der Waals surface area contributed by atoms with Gasteiger partial charge in [0.2, 0.25) is 0 Å². The Morgan fingerprint density at radius 1 is 1.69 bits per heavy atom. The predicted molar refractivity (Wildman–Crippen MR) is 48.7 cm³/mol. The van der Waals surface area contributed by atoms with Crippen LogP contribution in [-0.2, 0) is 0 Å². The summed E-state index contributed by atoms with van der Waals surface area (Å²) in [5, 5.41) is 11.7. The molecular formula is C9H12N2O2. The molecule has 0 aliphatic carbocycles. The average Bonchev–Trinajstić information content (AvgIpc) is 2.17. The Bertz CT molecular complexity index is 312. The Labute approximate surface area is 76.6 Å². The second kappa shape index (κ2) is 4.00. The molecule has 0 saturated heterocycles. The van der Waals surface area contributed by atoms with Crippen molar-refractivity contribution in [3.8, 4) is 0 Å². The quantitative estimate of drug-likeness (QED) is 0.730. The fraction of sp³-hybridized carbons (Fsp3) is 0.333. The molecule has 0 bridgehead atoms. The molecule has 0 aliphatic heterocycles. The van der Waals surface area contributed by atoms with Crippen LogP contribution in [0.3, 0.4) is 0 Å². The number of hydrogen-bond acceptors (Lipinski definition) is 3. The van der Waals surface area contributed by atoms with Crippen LogP contribution in [0.2, 0.25) is 0 Å². The van der Waals surface area contributed by atoms with Crippen LogP contribution in [0, 0.1) is 0 Å². The van der Waals surface area contributed by atoms with Crippen molar-refractivity contribution in [1.29, 1.82) is 0 Å². The van der Waals surface area contributed by atoms with Crippen molar-refractivity contribution in [3.05, 3.63) is 29.6 Å². The van der Waals surface area contributed by atoms with Crippen LogP contribution in [0.5, 0.6) is 0 Å². The largest absolute Gasteiger partial charge is 0.478 e. The summed E-state index contributed by atoms with van der Waals surface area (Å²) in [5.41, 5.74) is 1.01. The molecule has 1 rings (SSSR count). The minimum Gasteiger partial charge on any atom is -0.478 e. The third-order valence-corrected chi connectivity index (χ3v) is 1.90. The number of carbonyl (C=O) groups is 1. The summed E-state index contributed by atoms with van der Waals surface area (Å²) in [7, 11) is 1.81. The molecule has 70 valence electrons. The Hall–Kier alpha value is -1.42. The van der Waals surface area contributed by atoms with Gasteiger partial charge in [-0.2, -0.15) is 0 Å². The van der Waals surface area contributed by atoms with Gasteiger partial charge >= 0.3 is 5.97 Å². The van der Waals surface area contributed by atoms with E-state index in [1.165, 1.54) is 12.3 Å². The second-order valence-corrected chi connectivity index (χ2v) is 2.78. The monoisotopic (exact) mass is 180 g/mol. The maximum Gasteiger partial charge on any atom is 0.335 e. The first-order chi connectivity index (χ1) is 6.15. The molecule has 0 fully saturated rings. The standard InChI is InChI=1S/C9H12N2O2/c1-6(10-2)8-5-7(9(12)13)3-4-11-8/h3-6,10H,1-2H3,(H,12,13)/t6-/m1/s1. The van der Waals surface area contributed by atoms with Crippen molar-refractivity contribution < 1.29 is 9.90 Å². The van der Waals surface area contributed by atoms with Gasteiger partial charge in [0.05, 0.1) is 11.3 Å². The van der Waals surface area contributed by atoms with Gasteiger partial charge in [0.15, 0.2) is 0 Å². The molecule has 0 saturated carbocycles. The lowest BCUT2D eigenvalue weighted by Crippen LogP contribution is -2.14. The number of aromatic carboxylic acids is 1. The molecule has 0 spiro atoms. The van der Waals surface area contributed by atoms with Crippen LogP contribution in [0.15, 0.2) is 18.3 Å². The SMILES string of the molecule is CN[C@H](C)c1cc(C(=O)O)ccn1. The van der Waals surface area contributed by atoms with Crippen molar-refractivity contribution in [3.63, 3.8) is 0 Å². The molecule has 0 amide bonds. The molecule has 0 aliphatic rings. The maximum absolute atomic E-state index is 10.6. The number of hydrogen-bond donors (Lipinski definition) is 2. The van der Waals surface area contributed by atoms with E-state index in [0.717, 1.165) is 5.69 Å². The molecule has 0 radical (unpaired) electrons. The summed E-state index contributed by atoms with van der Waals surface area (Å²) in [6.07, 6.45) is 1.51. The molecule has 13 heavy (non-hydrogen) atoms. The lowest BCUT2D eigenvalue weighted by molar-refractivity contribution is 0.0696. The van der Waals surface area contributed by atoms with Gasteiger partial charge in [-0.3, -0.25) is 4.98 Å². The van der Waals surface area contributed by atoms with Gasteiger partial charge in [-0.1, -0.05) is 0 Å². The second-order valence-electron chi connectivity index (χ2n) is 2.78. The summed E-state index contributed by atoms with van der Waals surface area (Å²) < 4.78 is 0. The normalized spacial score (nSPS) is 12.5. The summed E-state index contributed by atoms with van der Waals surface area (Å²) >= 11 is 0. The topological polar surface area (TPSA) is 62.2 Å². The van der Waals surface area contributed by atoms with Crippen molar-refractivity contribution in [2.24, 2.45) is 0 Å². The molecule has 1 atom stereocenters. The molecule has 1 aromatic rings. The van der Waals surface area contributed by atoms with Crippen molar-refractivity contribution in [2.75, 3.05) is 7.05 Å². The Morgan fingerprint density at radius 3 is 2.92 bits per heavy atom. The number of carboxylic acid groups (broad SMARTS) is 1. The van der Waals surface area contributed by atoms with Gasteiger partial charge in [-0.15, -0.1) is 0 Å². The third kappa shape index (κ3) is 2.26. The minimum atomic E-state index is -0.924. The Balaban J connectivity index is 2.98. The first kappa shape index (κ1) is 9.67. The number of nitrogens with zero attached hydrogens (tertiary/aromatic N) is 1. The molecule has 1 aromatic heterocycles. The first-order valence-electron chi connectivity index (χ1n) is 4.01. The van der Waals surface area contributed by atoms with Crippen LogP contribution >= 0.6 is 0 Å². The van der Waals surface area contributed by atoms with E-state index < -0.39 is 5.97 Å². The van der Waals surface area contributed by atoms with E-state index >= 15 is 0 Å². The summed E-state index contributed by atoms with van der Waals surface area (Å²) in [6.45, 7) is 1.92. The molecule has 0 aromatic carbocycles. The van der Waals surface area contributed by atoms with Crippen molar-refractivity contribution in [1.82, 2.24) is 10.3 Å². The van der Waals surface area contributed by atoms with E-state index in [4.69, 9.17) is 5.11 Å². The number of nitrogens with one attached hydrogen (secondary N) is 1. The van der Waals surface area contributed by atoms with Gasteiger partial charge < -0.3 is 10.4 Å². The van der Waals surface area contributed by atoms with Gasteiger partial charge in [-0.05, 0) is 26.1 Å². The molecule has 2 N–H and O–H groups in total. The van der Waals surface area contributed by atoms with Crippen LogP contribution < -0.4 is 5.32 Å². The highest BCUT2D eigenvalue weighted by Gasteiger charge is 2.07. The van der Waals surface area contributed by atoms with E-state index in [-0.39, 0.29) is 11.6 Å². The zero-order chi connectivity index (χ0) is 9.84. The summed E-state index contributed by atoms with van der Waals surface area (Å²) in [4.78, 5) is 14.7. The van der Waals surface area contributed by atoms with Crippen LogP contribution in [-0.4, -0.2) is 23.1 Å². The molecule has 4 nitrogen and oxygen atoms in total. The van der Waals surface area contributed by atoms with E-state index in [2.05, 4.69) is 10.3 Å². The van der Waals surface area contributed by atoms with Gasteiger partial charge in [-0.25, -0.2) is 4.79 Å². The van der Waals surface area contributed by atoms with Crippen molar-refractivity contribution >= 4 is 5.97 Å². The van der Waals surface area contributed by atoms with Crippen LogP contribution in [0.1, 0.15) is 29.0 Å². The van der Waals surface area contributed by atoms with E-state index in [1.807, 2.05) is 6.92 Å². The minimum absolute atomic E-state index is 0.0688. The fourth-order valence-corrected chi connectivity index (χ4v) is 0.966. The highest BCUT2D eigenvalue weighted by molar-refractivity contribution is 5.87. The zero-order valence-corrected chi connectivity index (χ0v) is 7.61. The first-order valence-corrected chi connectivity index (χ1v) is 4.01. The highest BCUT2D eigenvalue weighted by atomic mass is 16.4. The summed E-state index contributed by atoms with van der Waals surface area (Å²) in [5.74, 6) is -0.924. The summed E-state index contributed by atoms with van der Waals surface area (Å²) in [6, 6.07) is 3.12. The van der Waals surface area contributed by atoms with Crippen molar-refractivity contribution in [2.45, 2.75) is 13.0 Å². The number of carboxylic acids is 1. The highest BCUT2D eigenvalue weighted by Crippen LogP contribution is 2.10. The molecule has 1 heterocycles. The maximum atomic E-state index is 10.6. The van der Waals surface area contributed by atoms with Crippen LogP contribution in [0.25, 0.3) is 0 Å². The Kier molecular flexibility index (Phi) is 2.97. The third-order valence-electron chi connectivity index (χ3n) is 1.90. The molecule has 0 unspecified atom stereocenters. The van der Waals surface area contributed by atoms with Crippen LogP contribution in [0.4, 0.5) is 0 Å².